The molecule has 114 valence electrons. The van der Waals surface area contributed by atoms with Crippen molar-refractivity contribution in [3.8, 4) is 0 Å². The number of aromatic carboxylic acids is 1. The quantitative estimate of drug-likeness (QED) is 0.781. The van der Waals surface area contributed by atoms with Gasteiger partial charge in [0, 0.05) is 34.7 Å². The van der Waals surface area contributed by atoms with E-state index in [2.05, 4.69) is 10.6 Å². The Morgan fingerprint density at radius 2 is 2.19 bits per heavy atom. The van der Waals surface area contributed by atoms with Crippen LogP contribution in [0.15, 0.2) is 18.2 Å². The van der Waals surface area contributed by atoms with E-state index in [4.69, 9.17) is 16.7 Å². The number of amides is 2. The minimum Gasteiger partial charge on any atom is -0.478 e. The van der Waals surface area contributed by atoms with Crippen LogP contribution in [0.25, 0.3) is 0 Å². The van der Waals surface area contributed by atoms with Crippen molar-refractivity contribution in [2.75, 3.05) is 29.1 Å². The van der Waals surface area contributed by atoms with Crippen LogP contribution in [0.3, 0.4) is 0 Å². The minimum atomic E-state index is -1.13. The second kappa shape index (κ2) is 7.82. The summed E-state index contributed by atoms with van der Waals surface area (Å²) in [6.45, 7) is 0.600. The molecular formula is C13H15ClN2O3S2. The van der Waals surface area contributed by atoms with Crippen molar-refractivity contribution in [1.82, 2.24) is 5.32 Å². The number of carbonyl (C=O) groups excluding carboxylic acids is 1. The number of hydrogen-bond donors (Lipinski definition) is 3. The van der Waals surface area contributed by atoms with E-state index >= 15 is 0 Å². The Bertz CT molecular complexity index is 536. The Morgan fingerprint density at radius 1 is 1.38 bits per heavy atom. The molecule has 1 atom stereocenters. The Hall–Kier alpha value is -1.05. The van der Waals surface area contributed by atoms with Gasteiger partial charge >= 0.3 is 12.0 Å². The Morgan fingerprint density at radius 3 is 2.86 bits per heavy atom. The average molecular weight is 347 g/mol. The van der Waals surface area contributed by atoms with Crippen molar-refractivity contribution in [1.29, 1.82) is 0 Å². The zero-order chi connectivity index (χ0) is 15.2. The van der Waals surface area contributed by atoms with Gasteiger partial charge in [0.1, 0.15) is 0 Å². The second-order valence-corrected chi connectivity index (χ2v) is 7.37. The predicted molar refractivity (Wildman–Crippen MR) is 89.0 cm³/mol. The normalized spacial score (nSPS) is 18.0. The van der Waals surface area contributed by atoms with E-state index in [0.717, 1.165) is 17.3 Å². The molecule has 1 aromatic carbocycles. The fourth-order valence-electron chi connectivity index (χ4n) is 1.80. The van der Waals surface area contributed by atoms with Gasteiger partial charge in [-0.05, 0) is 18.2 Å². The highest BCUT2D eigenvalue weighted by Crippen LogP contribution is 2.23. The molecule has 1 saturated heterocycles. The summed E-state index contributed by atoms with van der Waals surface area (Å²) in [6, 6.07) is 4.02. The third-order valence-electron chi connectivity index (χ3n) is 2.83. The van der Waals surface area contributed by atoms with Gasteiger partial charge in [0.15, 0.2) is 0 Å². The molecule has 3 N–H and O–H groups in total. The molecule has 0 aromatic heterocycles. The van der Waals surface area contributed by atoms with Crippen LogP contribution >= 0.6 is 35.1 Å². The molecule has 0 saturated carbocycles. The summed E-state index contributed by atoms with van der Waals surface area (Å²) in [5.74, 6) is 2.18. The number of anilines is 1. The molecule has 0 aliphatic carbocycles. The van der Waals surface area contributed by atoms with Crippen LogP contribution < -0.4 is 10.6 Å². The van der Waals surface area contributed by atoms with Gasteiger partial charge in [-0.2, -0.15) is 23.5 Å². The summed E-state index contributed by atoms with van der Waals surface area (Å²) in [7, 11) is 0. The van der Waals surface area contributed by atoms with E-state index in [1.54, 1.807) is 6.07 Å². The van der Waals surface area contributed by atoms with E-state index < -0.39 is 5.97 Å². The van der Waals surface area contributed by atoms with Crippen LogP contribution in [-0.4, -0.2) is 46.2 Å². The van der Waals surface area contributed by atoms with Crippen molar-refractivity contribution in [2.24, 2.45) is 0 Å². The molecule has 1 aliphatic rings. The van der Waals surface area contributed by atoms with Crippen LogP contribution in [0, 0.1) is 0 Å². The smallest absolute Gasteiger partial charge is 0.337 e. The summed E-state index contributed by atoms with van der Waals surface area (Å²) in [5, 5.41) is 15.0. The molecule has 0 bridgehead atoms. The fourth-order valence-corrected chi connectivity index (χ4v) is 4.61. The largest absolute Gasteiger partial charge is 0.478 e. The van der Waals surface area contributed by atoms with Crippen LogP contribution in [-0.2, 0) is 0 Å². The molecule has 1 aromatic rings. The first-order chi connectivity index (χ1) is 10.1. The van der Waals surface area contributed by atoms with E-state index in [0.29, 0.717) is 17.5 Å². The standard InChI is InChI=1S/C13H15ClN2O3S2/c14-11-2-1-8(5-10(11)12(17)18)16-13(19)15-6-9-7-20-3-4-21-9/h1-2,5,9H,3-4,6-7H2,(H,17,18)(H2,15,16,19). The van der Waals surface area contributed by atoms with Gasteiger partial charge in [0.25, 0.3) is 0 Å². The topological polar surface area (TPSA) is 78.4 Å². The number of halogens is 1. The highest BCUT2D eigenvalue weighted by atomic mass is 35.5. The molecule has 1 unspecified atom stereocenters. The summed E-state index contributed by atoms with van der Waals surface area (Å²) in [5.41, 5.74) is 0.369. The van der Waals surface area contributed by atoms with E-state index in [-0.39, 0.29) is 16.6 Å². The van der Waals surface area contributed by atoms with Gasteiger partial charge in [-0.3, -0.25) is 0 Å². The number of carboxylic acid groups (broad SMARTS) is 1. The van der Waals surface area contributed by atoms with Gasteiger partial charge in [0.05, 0.1) is 10.6 Å². The molecule has 0 spiro atoms. The lowest BCUT2D eigenvalue weighted by atomic mass is 10.2. The Balaban J connectivity index is 1.87. The zero-order valence-corrected chi connectivity index (χ0v) is 13.5. The van der Waals surface area contributed by atoms with E-state index in [1.165, 1.54) is 12.1 Å². The van der Waals surface area contributed by atoms with Crippen molar-refractivity contribution in [3.05, 3.63) is 28.8 Å². The van der Waals surface area contributed by atoms with Crippen LogP contribution in [0.5, 0.6) is 0 Å². The Labute approximate surface area is 136 Å². The molecule has 1 heterocycles. The number of carbonyl (C=O) groups is 2. The number of urea groups is 1. The minimum absolute atomic E-state index is 0.0336. The molecule has 1 aliphatic heterocycles. The molecule has 8 heteroatoms. The maximum absolute atomic E-state index is 11.8. The van der Waals surface area contributed by atoms with Crippen LogP contribution in [0.1, 0.15) is 10.4 Å². The van der Waals surface area contributed by atoms with Crippen molar-refractivity contribution >= 4 is 52.8 Å². The molecule has 0 radical (unpaired) electrons. The number of benzene rings is 1. The van der Waals surface area contributed by atoms with Gasteiger partial charge < -0.3 is 15.7 Å². The number of thioether (sulfide) groups is 2. The number of rotatable bonds is 4. The number of hydrogen-bond acceptors (Lipinski definition) is 4. The SMILES string of the molecule is O=C(NCC1CSCCS1)Nc1ccc(Cl)c(C(=O)O)c1. The second-order valence-electron chi connectivity index (χ2n) is 4.40. The van der Waals surface area contributed by atoms with Crippen molar-refractivity contribution in [3.63, 3.8) is 0 Å². The molecule has 1 fully saturated rings. The molecular weight excluding hydrogens is 332 g/mol. The molecule has 5 nitrogen and oxygen atoms in total. The lowest BCUT2D eigenvalue weighted by molar-refractivity contribution is 0.0697. The predicted octanol–water partition coefficient (Wildman–Crippen LogP) is 3.01. The molecule has 2 rings (SSSR count). The average Bonchev–Trinajstić information content (AvgIpc) is 2.48. The van der Waals surface area contributed by atoms with Gasteiger partial charge in [-0.1, -0.05) is 11.6 Å². The summed E-state index contributed by atoms with van der Waals surface area (Å²) < 4.78 is 0. The zero-order valence-electron chi connectivity index (χ0n) is 11.1. The van der Waals surface area contributed by atoms with Gasteiger partial charge in [0.2, 0.25) is 0 Å². The van der Waals surface area contributed by atoms with Gasteiger partial charge in [-0.25, -0.2) is 9.59 Å². The van der Waals surface area contributed by atoms with Crippen molar-refractivity contribution in [2.45, 2.75) is 5.25 Å². The third kappa shape index (κ3) is 5.01. The lowest BCUT2D eigenvalue weighted by Crippen LogP contribution is -2.36. The maximum atomic E-state index is 11.8. The summed E-state index contributed by atoms with van der Waals surface area (Å²) in [4.78, 5) is 22.8. The van der Waals surface area contributed by atoms with E-state index in [9.17, 15) is 9.59 Å². The number of carboxylic acids is 1. The maximum Gasteiger partial charge on any atom is 0.337 e. The Kier molecular flexibility index (Phi) is 6.08. The van der Waals surface area contributed by atoms with Crippen LogP contribution in [0.4, 0.5) is 10.5 Å². The molecule has 2 amide bonds. The third-order valence-corrected chi connectivity index (χ3v) is 6.00. The first-order valence-corrected chi connectivity index (χ1v) is 8.91. The fraction of sp³-hybridized carbons (Fsp3) is 0.385. The highest BCUT2D eigenvalue weighted by Gasteiger charge is 2.15. The monoisotopic (exact) mass is 346 g/mol. The number of nitrogens with one attached hydrogen (secondary N) is 2. The first kappa shape index (κ1) is 16.3. The summed E-state index contributed by atoms with van der Waals surface area (Å²) in [6.07, 6.45) is 0. The van der Waals surface area contributed by atoms with E-state index in [1.807, 2.05) is 23.5 Å². The van der Waals surface area contributed by atoms with Crippen LogP contribution in [0.2, 0.25) is 5.02 Å². The van der Waals surface area contributed by atoms with Crippen molar-refractivity contribution < 1.29 is 14.7 Å². The highest BCUT2D eigenvalue weighted by molar-refractivity contribution is 8.06. The first-order valence-electron chi connectivity index (χ1n) is 6.33. The molecule has 21 heavy (non-hydrogen) atoms. The lowest BCUT2D eigenvalue weighted by Gasteiger charge is -2.21. The van der Waals surface area contributed by atoms with Gasteiger partial charge in [-0.15, -0.1) is 0 Å². The summed E-state index contributed by atoms with van der Waals surface area (Å²) >= 11 is 9.53.